The Kier molecular flexibility index (Phi) is 5.92. The Morgan fingerprint density at radius 1 is 1.17 bits per heavy atom. The number of amides is 1. The number of aryl methyl sites for hydroxylation is 1. The van der Waals surface area contributed by atoms with Gasteiger partial charge in [0, 0.05) is 17.5 Å². The van der Waals surface area contributed by atoms with Crippen LogP contribution >= 0.6 is 0 Å². The van der Waals surface area contributed by atoms with Crippen molar-refractivity contribution >= 4 is 15.9 Å². The van der Waals surface area contributed by atoms with E-state index in [2.05, 4.69) is 20.2 Å². The van der Waals surface area contributed by atoms with Gasteiger partial charge in [-0.3, -0.25) is 4.79 Å². The van der Waals surface area contributed by atoms with Crippen LogP contribution in [0.3, 0.4) is 0 Å². The molecule has 4 rings (SSSR count). The standard InChI is InChI=1S/C21H28N4O4S/c1-13-8-9-16(19-23-21(29-24-19)15-10-11-15)12-18(13)30(27,28)25-14(2)20(26)22-17-6-4-3-5-7-17/h8-9,12,14-15,17,25H,3-7,10-11H2,1-2H3,(H,22,26). The summed E-state index contributed by atoms with van der Waals surface area (Å²) in [5.41, 5.74) is 1.15. The number of nitrogens with zero attached hydrogens (tertiary/aromatic N) is 2. The van der Waals surface area contributed by atoms with Gasteiger partial charge in [-0.2, -0.15) is 9.71 Å². The zero-order valence-corrected chi connectivity index (χ0v) is 18.2. The molecule has 162 valence electrons. The number of nitrogens with one attached hydrogen (secondary N) is 2. The van der Waals surface area contributed by atoms with Gasteiger partial charge in [-0.1, -0.05) is 36.6 Å². The molecule has 8 nitrogen and oxygen atoms in total. The predicted octanol–water partition coefficient (Wildman–Crippen LogP) is 3.04. The quantitative estimate of drug-likeness (QED) is 0.695. The molecule has 2 aliphatic rings. The Hall–Kier alpha value is -2.26. The van der Waals surface area contributed by atoms with Gasteiger partial charge in [0.15, 0.2) is 0 Å². The van der Waals surface area contributed by atoms with E-state index in [1.54, 1.807) is 26.0 Å². The third kappa shape index (κ3) is 4.73. The Morgan fingerprint density at radius 3 is 2.60 bits per heavy atom. The van der Waals surface area contributed by atoms with Crippen LogP contribution in [0, 0.1) is 6.92 Å². The van der Waals surface area contributed by atoms with Crippen molar-refractivity contribution in [2.75, 3.05) is 0 Å². The predicted molar refractivity (Wildman–Crippen MR) is 111 cm³/mol. The largest absolute Gasteiger partial charge is 0.352 e. The van der Waals surface area contributed by atoms with Gasteiger partial charge in [-0.25, -0.2) is 8.42 Å². The van der Waals surface area contributed by atoms with Crippen LogP contribution in [-0.2, 0) is 14.8 Å². The fraction of sp³-hybridized carbons (Fsp3) is 0.571. The van der Waals surface area contributed by atoms with Gasteiger partial charge in [-0.05, 0) is 51.2 Å². The van der Waals surface area contributed by atoms with Crippen molar-refractivity contribution in [3.8, 4) is 11.4 Å². The van der Waals surface area contributed by atoms with E-state index in [0.29, 0.717) is 28.8 Å². The van der Waals surface area contributed by atoms with Crippen LogP contribution < -0.4 is 10.0 Å². The second-order valence-electron chi connectivity index (χ2n) is 8.40. The van der Waals surface area contributed by atoms with Crippen LogP contribution in [0.2, 0.25) is 0 Å². The summed E-state index contributed by atoms with van der Waals surface area (Å²) in [6.45, 7) is 3.28. The molecule has 2 aromatic rings. The molecule has 1 aromatic carbocycles. The first-order valence-corrected chi connectivity index (χ1v) is 12.1. The highest BCUT2D eigenvalue weighted by atomic mass is 32.2. The van der Waals surface area contributed by atoms with Gasteiger partial charge in [0.25, 0.3) is 0 Å². The van der Waals surface area contributed by atoms with Crippen LogP contribution in [0.1, 0.15) is 69.2 Å². The highest BCUT2D eigenvalue weighted by molar-refractivity contribution is 7.89. The number of carbonyl (C=O) groups is 1. The Morgan fingerprint density at radius 2 is 1.90 bits per heavy atom. The summed E-state index contributed by atoms with van der Waals surface area (Å²) in [4.78, 5) is 17.0. The number of rotatable bonds is 7. The molecule has 1 unspecified atom stereocenters. The number of sulfonamides is 1. The highest BCUT2D eigenvalue weighted by Gasteiger charge is 2.30. The molecule has 9 heteroatoms. The normalized spacial score (nSPS) is 18.9. The van der Waals surface area contributed by atoms with Crippen LogP contribution in [0.5, 0.6) is 0 Å². The summed E-state index contributed by atoms with van der Waals surface area (Å²) in [6.07, 6.45) is 7.34. The molecule has 0 spiro atoms. The molecule has 1 amide bonds. The van der Waals surface area contributed by atoms with E-state index in [1.165, 1.54) is 12.5 Å². The van der Waals surface area contributed by atoms with E-state index < -0.39 is 16.1 Å². The summed E-state index contributed by atoms with van der Waals surface area (Å²) in [5, 5.41) is 6.95. The summed E-state index contributed by atoms with van der Waals surface area (Å²) in [6, 6.07) is 4.28. The fourth-order valence-corrected chi connectivity index (χ4v) is 5.27. The lowest BCUT2D eigenvalue weighted by atomic mass is 9.95. The second kappa shape index (κ2) is 8.47. The SMILES string of the molecule is Cc1ccc(-c2noc(C3CC3)n2)cc1S(=O)(=O)NC(C)C(=O)NC1CCCCC1. The molecule has 30 heavy (non-hydrogen) atoms. The molecular formula is C21H28N4O4S. The molecule has 0 aliphatic heterocycles. The number of hydrogen-bond donors (Lipinski definition) is 2. The molecule has 1 aromatic heterocycles. The molecule has 2 N–H and O–H groups in total. The monoisotopic (exact) mass is 432 g/mol. The molecule has 1 atom stereocenters. The molecule has 0 bridgehead atoms. The van der Waals surface area contributed by atoms with Gasteiger partial charge in [0.05, 0.1) is 10.9 Å². The Bertz CT molecular complexity index is 1020. The van der Waals surface area contributed by atoms with Crippen molar-refractivity contribution in [2.24, 2.45) is 0 Å². The Balaban J connectivity index is 1.48. The van der Waals surface area contributed by atoms with E-state index in [1.807, 2.05) is 0 Å². The lowest BCUT2D eigenvalue weighted by Gasteiger charge is -2.24. The van der Waals surface area contributed by atoms with Gasteiger partial charge in [0.1, 0.15) is 0 Å². The fourth-order valence-electron chi connectivity index (χ4n) is 3.80. The summed E-state index contributed by atoms with van der Waals surface area (Å²) >= 11 is 0. The van der Waals surface area contributed by atoms with Crippen LogP contribution in [-0.4, -0.2) is 36.5 Å². The zero-order chi connectivity index (χ0) is 21.3. The number of benzene rings is 1. The Labute approximate surface area is 176 Å². The molecule has 2 saturated carbocycles. The lowest BCUT2D eigenvalue weighted by molar-refractivity contribution is -0.123. The van der Waals surface area contributed by atoms with Crippen molar-refractivity contribution in [1.82, 2.24) is 20.2 Å². The minimum Gasteiger partial charge on any atom is -0.352 e. The smallest absolute Gasteiger partial charge is 0.241 e. The third-order valence-corrected chi connectivity index (χ3v) is 7.46. The number of carbonyl (C=O) groups excluding carboxylic acids is 1. The van der Waals surface area contributed by atoms with Crippen molar-refractivity contribution in [3.63, 3.8) is 0 Å². The minimum absolute atomic E-state index is 0.107. The molecule has 0 saturated heterocycles. The van der Waals surface area contributed by atoms with E-state index in [-0.39, 0.29) is 16.8 Å². The average Bonchev–Trinajstić information content (AvgIpc) is 3.45. The summed E-state index contributed by atoms with van der Waals surface area (Å²) in [7, 11) is -3.90. The molecule has 2 fully saturated rings. The first kappa shape index (κ1) is 21.0. The van der Waals surface area contributed by atoms with Gasteiger partial charge in [-0.15, -0.1) is 0 Å². The highest BCUT2D eigenvalue weighted by Crippen LogP contribution is 2.39. The van der Waals surface area contributed by atoms with Crippen LogP contribution in [0.15, 0.2) is 27.6 Å². The van der Waals surface area contributed by atoms with Gasteiger partial charge < -0.3 is 9.84 Å². The lowest BCUT2D eigenvalue weighted by Crippen LogP contribution is -2.48. The molecule has 0 radical (unpaired) electrons. The van der Waals surface area contributed by atoms with Crippen LogP contribution in [0.4, 0.5) is 0 Å². The maximum atomic E-state index is 13.0. The van der Waals surface area contributed by atoms with Crippen molar-refractivity contribution in [2.45, 2.75) is 81.7 Å². The second-order valence-corrected chi connectivity index (χ2v) is 10.1. The molecule has 1 heterocycles. The maximum Gasteiger partial charge on any atom is 0.241 e. The van der Waals surface area contributed by atoms with E-state index in [4.69, 9.17) is 4.52 Å². The summed E-state index contributed by atoms with van der Waals surface area (Å²) < 4.78 is 33.8. The topological polar surface area (TPSA) is 114 Å². The number of hydrogen-bond acceptors (Lipinski definition) is 6. The van der Waals surface area contributed by atoms with Crippen molar-refractivity contribution in [1.29, 1.82) is 0 Å². The van der Waals surface area contributed by atoms with E-state index >= 15 is 0 Å². The number of aromatic nitrogens is 2. The maximum absolute atomic E-state index is 13.0. The average molecular weight is 433 g/mol. The van der Waals surface area contributed by atoms with Crippen LogP contribution in [0.25, 0.3) is 11.4 Å². The van der Waals surface area contributed by atoms with E-state index in [9.17, 15) is 13.2 Å². The van der Waals surface area contributed by atoms with Crippen molar-refractivity contribution in [3.05, 3.63) is 29.7 Å². The van der Waals surface area contributed by atoms with Gasteiger partial charge >= 0.3 is 0 Å². The first-order valence-electron chi connectivity index (χ1n) is 10.6. The molecule has 2 aliphatic carbocycles. The van der Waals surface area contributed by atoms with Gasteiger partial charge in [0.2, 0.25) is 27.6 Å². The van der Waals surface area contributed by atoms with E-state index in [0.717, 1.165) is 38.5 Å². The molecular weight excluding hydrogens is 404 g/mol. The third-order valence-electron chi connectivity index (χ3n) is 5.78. The van der Waals surface area contributed by atoms with Crippen molar-refractivity contribution < 1.29 is 17.7 Å². The summed E-state index contributed by atoms with van der Waals surface area (Å²) in [5.74, 6) is 0.995. The first-order chi connectivity index (χ1) is 14.3. The minimum atomic E-state index is -3.90. The zero-order valence-electron chi connectivity index (χ0n) is 17.3.